The lowest BCUT2D eigenvalue weighted by Gasteiger charge is -2.03. The molecule has 0 aliphatic heterocycles. The van der Waals surface area contributed by atoms with Crippen LogP contribution in [0.1, 0.15) is 10.5 Å². The van der Waals surface area contributed by atoms with Crippen molar-refractivity contribution in [3.05, 3.63) is 46.7 Å². The van der Waals surface area contributed by atoms with Gasteiger partial charge in [0.05, 0.1) is 11.9 Å². The van der Waals surface area contributed by atoms with Gasteiger partial charge in [-0.15, -0.1) is 0 Å². The maximum atomic E-state index is 10.9. The average molecular weight is 267 g/mol. The van der Waals surface area contributed by atoms with Crippen molar-refractivity contribution in [2.24, 2.45) is 0 Å². The quantitative estimate of drug-likeness (QED) is 0.908. The van der Waals surface area contributed by atoms with Gasteiger partial charge in [0.15, 0.2) is 5.69 Å². The van der Waals surface area contributed by atoms with Crippen molar-refractivity contribution in [3.8, 4) is 5.69 Å². The average Bonchev–Trinajstić information content (AvgIpc) is 2.67. The van der Waals surface area contributed by atoms with Crippen LogP contribution in [0.3, 0.4) is 0 Å². The van der Waals surface area contributed by atoms with Gasteiger partial charge in [0, 0.05) is 4.47 Å². The van der Waals surface area contributed by atoms with Crippen molar-refractivity contribution in [2.45, 2.75) is 0 Å². The van der Waals surface area contributed by atoms with Gasteiger partial charge >= 0.3 is 5.97 Å². The number of rotatable bonds is 2. The van der Waals surface area contributed by atoms with Crippen molar-refractivity contribution in [1.29, 1.82) is 0 Å². The minimum atomic E-state index is -0.990. The van der Waals surface area contributed by atoms with E-state index in [1.54, 1.807) is 12.1 Å². The Kier molecular flexibility index (Phi) is 2.55. The molecule has 0 amide bonds. The standard InChI is InChI=1S/C10H7BrN2O2/c11-7-1-3-8(4-2-7)13-9(10(14)15)5-6-12-13/h1-6H,(H,14,15). The Morgan fingerprint density at radius 1 is 1.27 bits per heavy atom. The van der Waals surface area contributed by atoms with E-state index in [1.165, 1.54) is 16.9 Å². The number of halogens is 1. The number of hydrogen-bond donors (Lipinski definition) is 1. The molecule has 0 atom stereocenters. The van der Waals surface area contributed by atoms with Crippen LogP contribution >= 0.6 is 15.9 Å². The van der Waals surface area contributed by atoms with Crippen LogP contribution in [-0.4, -0.2) is 20.9 Å². The first-order chi connectivity index (χ1) is 7.18. The molecule has 1 aromatic carbocycles. The predicted molar refractivity (Wildman–Crippen MR) is 58.2 cm³/mol. The lowest BCUT2D eigenvalue weighted by atomic mass is 10.3. The molecular formula is C10H7BrN2O2. The minimum Gasteiger partial charge on any atom is -0.477 e. The zero-order chi connectivity index (χ0) is 10.8. The summed E-state index contributed by atoms with van der Waals surface area (Å²) in [6.45, 7) is 0. The summed E-state index contributed by atoms with van der Waals surface area (Å²) in [6.07, 6.45) is 1.46. The second-order valence-corrected chi connectivity index (χ2v) is 3.83. The van der Waals surface area contributed by atoms with E-state index in [0.29, 0.717) is 0 Å². The molecule has 1 N–H and O–H groups in total. The number of aromatic nitrogens is 2. The monoisotopic (exact) mass is 266 g/mol. The van der Waals surface area contributed by atoms with Crippen LogP contribution in [0.5, 0.6) is 0 Å². The van der Waals surface area contributed by atoms with Crippen molar-refractivity contribution >= 4 is 21.9 Å². The molecule has 0 unspecified atom stereocenters. The van der Waals surface area contributed by atoms with E-state index in [2.05, 4.69) is 21.0 Å². The third-order valence-corrected chi connectivity index (χ3v) is 2.46. The van der Waals surface area contributed by atoms with Crippen LogP contribution in [0.15, 0.2) is 41.0 Å². The van der Waals surface area contributed by atoms with Gasteiger partial charge in [-0.25, -0.2) is 9.48 Å². The van der Waals surface area contributed by atoms with Crippen molar-refractivity contribution in [2.75, 3.05) is 0 Å². The molecule has 2 rings (SSSR count). The molecular weight excluding hydrogens is 260 g/mol. The maximum Gasteiger partial charge on any atom is 0.354 e. The lowest BCUT2D eigenvalue weighted by molar-refractivity contribution is 0.0687. The van der Waals surface area contributed by atoms with Gasteiger partial charge in [0.1, 0.15) is 0 Å². The molecule has 2 aromatic rings. The predicted octanol–water partition coefficient (Wildman–Crippen LogP) is 2.33. The van der Waals surface area contributed by atoms with Gasteiger partial charge in [-0.3, -0.25) is 0 Å². The molecule has 0 bridgehead atoms. The highest BCUT2D eigenvalue weighted by Gasteiger charge is 2.10. The Balaban J connectivity index is 2.49. The molecule has 0 radical (unpaired) electrons. The fourth-order valence-electron chi connectivity index (χ4n) is 1.25. The fourth-order valence-corrected chi connectivity index (χ4v) is 1.52. The van der Waals surface area contributed by atoms with Gasteiger partial charge in [-0.2, -0.15) is 5.10 Å². The SMILES string of the molecule is O=C(O)c1ccnn1-c1ccc(Br)cc1. The summed E-state index contributed by atoms with van der Waals surface area (Å²) in [4.78, 5) is 10.9. The summed E-state index contributed by atoms with van der Waals surface area (Å²) < 4.78 is 2.32. The highest BCUT2D eigenvalue weighted by atomic mass is 79.9. The third kappa shape index (κ3) is 1.92. The number of aromatic carboxylic acids is 1. The molecule has 1 aromatic heterocycles. The van der Waals surface area contributed by atoms with Gasteiger partial charge in [0.25, 0.3) is 0 Å². The molecule has 4 nitrogen and oxygen atoms in total. The number of hydrogen-bond acceptors (Lipinski definition) is 2. The smallest absolute Gasteiger partial charge is 0.354 e. The van der Waals surface area contributed by atoms with Crippen LogP contribution in [0.4, 0.5) is 0 Å². The zero-order valence-electron chi connectivity index (χ0n) is 7.59. The Labute approximate surface area is 94.3 Å². The molecule has 5 heteroatoms. The van der Waals surface area contributed by atoms with E-state index in [9.17, 15) is 4.79 Å². The van der Waals surface area contributed by atoms with Crippen LogP contribution in [0, 0.1) is 0 Å². The number of carboxylic acids is 1. The zero-order valence-corrected chi connectivity index (χ0v) is 9.18. The highest BCUT2D eigenvalue weighted by molar-refractivity contribution is 9.10. The Morgan fingerprint density at radius 3 is 2.53 bits per heavy atom. The normalized spacial score (nSPS) is 10.2. The molecule has 0 aliphatic carbocycles. The van der Waals surface area contributed by atoms with Gasteiger partial charge < -0.3 is 5.11 Å². The molecule has 0 fully saturated rings. The first kappa shape index (κ1) is 9.92. The number of benzene rings is 1. The summed E-state index contributed by atoms with van der Waals surface area (Å²) in [6, 6.07) is 8.72. The fraction of sp³-hybridized carbons (Fsp3) is 0. The van der Waals surface area contributed by atoms with E-state index < -0.39 is 5.97 Å². The second kappa shape index (κ2) is 3.86. The minimum absolute atomic E-state index is 0.150. The lowest BCUT2D eigenvalue weighted by Crippen LogP contribution is -2.07. The Bertz CT molecular complexity index is 490. The topological polar surface area (TPSA) is 55.1 Å². The molecule has 76 valence electrons. The molecule has 0 saturated carbocycles. The van der Waals surface area contributed by atoms with Crippen molar-refractivity contribution in [3.63, 3.8) is 0 Å². The van der Waals surface area contributed by atoms with E-state index in [1.807, 2.05) is 12.1 Å². The van der Waals surface area contributed by atoms with Crippen LogP contribution < -0.4 is 0 Å². The first-order valence-electron chi connectivity index (χ1n) is 4.22. The van der Waals surface area contributed by atoms with E-state index in [-0.39, 0.29) is 5.69 Å². The van der Waals surface area contributed by atoms with Crippen molar-refractivity contribution < 1.29 is 9.90 Å². The maximum absolute atomic E-state index is 10.9. The van der Waals surface area contributed by atoms with Gasteiger partial charge in [0.2, 0.25) is 0 Å². The van der Waals surface area contributed by atoms with E-state index >= 15 is 0 Å². The number of carbonyl (C=O) groups is 1. The summed E-state index contributed by atoms with van der Waals surface area (Å²) >= 11 is 3.31. The number of carboxylic acid groups (broad SMARTS) is 1. The third-order valence-electron chi connectivity index (χ3n) is 1.93. The largest absolute Gasteiger partial charge is 0.477 e. The molecule has 0 aliphatic rings. The number of nitrogens with zero attached hydrogens (tertiary/aromatic N) is 2. The van der Waals surface area contributed by atoms with Gasteiger partial charge in [-0.05, 0) is 30.3 Å². The highest BCUT2D eigenvalue weighted by Crippen LogP contribution is 2.15. The van der Waals surface area contributed by atoms with Crippen molar-refractivity contribution in [1.82, 2.24) is 9.78 Å². The molecule has 0 saturated heterocycles. The summed E-state index contributed by atoms with van der Waals surface area (Å²) in [5, 5.41) is 12.9. The van der Waals surface area contributed by atoms with E-state index in [0.717, 1.165) is 10.2 Å². The molecule has 15 heavy (non-hydrogen) atoms. The van der Waals surface area contributed by atoms with Crippen LogP contribution in [0.2, 0.25) is 0 Å². The summed E-state index contributed by atoms with van der Waals surface area (Å²) in [7, 11) is 0. The Morgan fingerprint density at radius 2 is 1.93 bits per heavy atom. The first-order valence-corrected chi connectivity index (χ1v) is 5.01. The second-order valence-electron chi connectivity index (χ2n) is 2.91. The van der Waals surface area contributed by atoms with Crippen LogP contribution in [0.25, 0.3) is 5.69 Å². The van der Waals surface area contributed by atoms with Crippen LogP contribution in [-0.2, 0) is 0 Å². The molecule has 0 spiro atoms. The van der Waals surface area contributed by atoms with E-state index in [4.69, 9.17) is 5.11 Å². The van der Waals surface area contributed by atoms with Gasteiger partial charge in [-0.1, -0.05) is 15.9 Å². The molecule has 1 heterocycles. The Hall–Kier alpha value is -1.62. The summed E-state index contributed by atoms with van der Waals surface area (Å²) in [5.41, 5.74) is 0.873. The summed E-state index contributed by atoms with van der Waals surface area (Å²) in [5.74, 6) is -0.990.